The van der Waals surface area contributed by atoms with Gasteiger partial charge in [0.05, 0.1) is 10.8 Å². The van der Waals surface area contributed by atoms with Gasteiger partial charge in [-0.2, -0.15) is 0 Å². The van der Waals surface area contributed by atoms with Crippen LogP contribution in [0.1, 0.15) is 98.9 Å². The molecule has 4 aromatic rings. The minimum Gasteiger partial charge on any atom is -0.367 e. The van der Waals surface area contributed by atoms with E-state index in [1.54, 1.807) is 17.5 Å². The molecule has 0 aliphatic heterocycles. The Morgan fingerprint density at radius 2 is 1.11 bits per heavy atom. The van der Waals surface area contributed by atoms with E-state index in [1.807, 2.05) is 22.7 Å². The second kappa shape index (κ2) is 14.0. The van der Waals surface area contributed by atoms with Crippen molar-refractivity contribution in [2.24, 2.45) is 17.6 Å². The average molecular weight is 661 g/mol. The maximum Gasteiger partial charge on any atom is 0.138 e. The van der Waals surface area contributed by atoms with Gasteiger partial charge in [-0.25, -0.2) is 19.9 Å². The molecule has 10 heteroatoms. The molecule has 4 aliphatic carbocycles. The minimum absolute atomic E-state index is 0.387. The molecule has 0 radical (unpaired) electrons. The fourth-order valence-corrected chi connectivity index (χ4v) is 10.5. The van der Waals surface area contributed by atoms with Crippen LogP contribution in [0.2, 0.25) is 0 Å². The molecule has 2 fully saturated rings. The summed E-state index contributed by atoms with van der Waals surface area (Å²) < 4.78 is 0. The molecule has 4 aliphatic rings. The van der Waals surface area contributed by atoms with Gasteiger partial charge < -0.3 is 21.3 Å². The minimum atomic E-state index is 0.387. The molecule has 4 N–H and O–H groups in total. The molecule has 2 unspecified atom stereocenters. The summed E-state index contributed by atoms with van der Waals surface area (Å²) in [4.78, 5) is 26.1. The summed E-state index contributed by atoms with van der Waals surface area (Å²) in [5, 5.41) is 10.1. The van der Waals surface area contributed by atoms with Crippen LogP contribution >= 0.6 is 22.7 Å². The third kappa shape index (κ3) is 6.91. The van der Waals surface area contributed by atoms with Crippen molar-refractivity contribution in [1.82, 2.24) is 24.8 Å². The van der Waals surface area contributed by atoms with Crippen molar-refractivity contribution in [2.75, 3.05) is 24.7 Å². The van der Waals surface area contributed by atoms with Gasteiger partial charge in [-0.1, -0.05) is 13.8 Å². The third-order valence-corrected chi connectivity index (χ3v) is 13.5. The highest BCUT2D eigenvalue weighted by Crippen LogP contribution is 2.41. The van der Waals surface area contributed by atoms with E-state index in [0.717, 1.165) is 60.0 Å². The highest BCUT2D eigenvalue weighted by atomic mass is 32.1. The number of hydrogen-bond donors (Lipinski definition) is 3. The molecule has 2 atom stereocenters. The fourth-order valence-electron chi connectivity index (χ4n) is 8.17. The number of rotatable bonds is 5. The van der Waals surface area contributed by atoms with Gasteiger partial charge in [-0.3, -0.25) is 0 Å². The van der Waals surface area contributed by atoms with Crippen LogP contribution in [0, 0.1) is 11.8 Å². The summed E-state index contributed by atoms with van der Waals surface area (Å²) in [7, 11) is 4.40. The van der Waals surface area contributed by atoms with Crippen LogP contribution < -0.4 is 16.4 Å². The smallest absolute Gasteiger partial charge is 0.138 e. The fraction of sp³-hybridized carbons (Fsp3) is 0.667. The van der Waals surface area contributed by atoms with Gasteiger partial charge in [0.2, 0.25) is 0 Å². The zero-order valence-electron chi connectivity index (χ0n) is 28.1. The molecule has 8 nitrogen and oxygen atoms in total. The zero-order valence-corrected chi connectivity index (χ0v) is 29.8. The number of hydrogen-bond acceptors (Lipinski definition) is 10. The maximum absolute atomic E-state index is 6.02. The van der Waals surface area contributed by atoms with Gasteiger partial charge in [-0.05, 0) is 127 Å². The molecule has 4 heterocycles. The number of nitrogens with one attached hydrogen (secondary N) is 2. The van der Waals surface area contributed by atoms with Crippen molar-refractivity contribution in [3.8, 4) is 0 Å². The normalized spacial score (nSPS) is 28.0. The summed E-state index contributed by atoms with van der Waals surface area (Å²) in [6.07, 6.45) is 20.4. The lowest BCUT2D eigenvalue weighted by molar-refractivity contribution is 0.221. The quantitative estimate of drug-likeness (QED) is 0.201. The molecule has 0 bridgehead atoms. The summed E-state index contributed by atoms with van der Waals surface area (Å²) >= 11 is 3.75. The first-order valence-electron chi connectivity index (χ1n) is 17.8. The molecule has 0 spiro atoms. The summed E-state index contributed by atoms with van der Waals surface area (Å²) in [6, 6.07) is 2.19. The van der Waals surface area contributed by atoms with Gasteiger partial charge in [0, 0.05) is 33.9 Å². The first kappa shape index (κ1) is 32.2. The zero-order chi connectivity index (χ0) is 31.8. The molecule has 2 saturated carbocycles. The summed E-state index contributed by atoms with van der Waals surface area (Å²) in [6.45, 7) is 4.72. The van der Waals surface area contributed by atoms with Crippen molar-refractivity contribution in [3.63, 3.8) is 0 Å². The predicted octanol–water partition coefficient (Wildman–Crippen LogP) is 7.60. The van der Waals surface area contributed by atoms with Gasteiger partial charge in [-0.15, -0.1) is 22.7 Å². The standard InChI is InChI=1S/C19H28N4S.C17H24N4S/c1-12-4-9-16-15(10-12)17-18(20-11-21-19(17)24-16)22-13-5-7-14(8-6-13)23(2)3;1-10-2-7-14-13(8-10)15-16(19-9-20-17(15)22-14)21-12-5-3-11(18)4-6-12/h11-14H,4-10H2,1-3H3,(H,20,21,22);9-12H,2-8,18H2,1H3,(H,19,20,21). The molecule has 8 rings (SSSR count). The average Bonchev–Trinajstić information content (AvgIpc) is 3.61. The van der Waals surface area contributed by atoms with E-state index in [9.17, 15) is 0 Å². The number of fused-ring (bicyclic) bond motifs is 6. The number of thiophene rings is 2. The van der Waals surface area contributed by atoms with E-state index in [2.05, 4.69) is 63.4 Å². The van der Waals surface area contributed by atoms with E-state index in [4.69, 9.17) is 5.73 Å². The van der Waals surface area contributed by atoms with Crippen LogP contribution in [0.5, 0.6) is 0 Å². The molecule has 248 valence electrons. The van der Waals surface area contributed by atoms with Crippen molar-refractivity contribution in [1.29, 1.82) is 0 Å². The lowest BCUT2D eigenvalue weighted by Gasteiger charge is -2.33. The first-order valence-corrected chi connectivity index (χ1v) is 19.4. The van der Waals surface area contributed by atoms with Gasteiger partial charge in [0.1, 0.15) is 34.0 Å². The number of aryl methyl sites for hydroxylation is 2. The number of nitrogens with zero attached hydrogens (tertiary/aromatic N) is 5. The number of anilines is 2. The second-order valence-electron chi connectivity index (χ2n) is 14.9. The van der Waals surface area contributed by atoms with Crippen LogP contribution in [-0.4, -0.2) is 63.1 Å². The van der Waals surface area contributed by atoms with Crippen LogP contribution in [0.25, 0.3) is 20.4 Å². The van der Waals surface area contributed by atoms with E-state index >= 15 is 0 Å². The van der Waals surface area contributed by atoms with E-state index < -0.39 is 0 Å². The number of nitrogens with two attached hydrogens (primary N) is 1. The molecule has 46 heavy (non-hydrogen) atoms. The first-order chi connectivity index (χ1) is 22.3. The molecule has 4 aromatic heterocycles. The Balaban J connectivity index is 0.000000147. The molecular formula is C36H52N8S2. The van der Waals surface area contributed by atoms with Crippen molar-refractivity contribution < 1.29 is 0 Å². The topological polar surface area (TPSA) is 105 Å². The number of aromatic nitrogens is 4. The third-order valence-electron chi connectivity index (χ3n) is 11.1. The Kier molecular flexibility index (Phi) is 9.78. The summed E-state index contributed by atoms with van der Waals surface area (Å²) in [5.74, 6) is 3.68. The Bertz CT molecular complexity index is 1630. The van der Waals surface area contributed by atoms with Crippen LogP contribution in [0.4, 0.5) is 11.6 Å². The van der Waals surface area contributed by atoms with E-state index in [1.165, 1.54) is 95.8 Å². The van der Waals surface area contributed by atoms with Crippen molar-refractivity contribution in [3.05, 3.63) is 33.5 Å². The predicted molar refractivity (Wildman–Crippen MR) is 194 cm³/mol. The lowest BCUT2D eigenvalue weighted by atomic mass is 9.88. The van der Waals surface area contributed by atoms with Crippen LogP contribution in [-0.2, 0) is 25.7 Å². The van der Waals surface area contributed by atoms with Gasteiger partial charge in [0.15, 0.2) is 0 Å². The van der Waals surface area contributed by atoms with Gasteiger partial charge in [0.25, 0.3) is 0 Å². The highest BCUT2D eigenvalue weighted by Gasteiger charge is 2.27. The lowest BCUT2D eigenvalue weighted by Crippen LogP contribution is -2.36. The molecule has 0 amide bonds. The van der Waals surface area contributed by atoms with E-state index in [0.29, 0.717) is 18.1 Å². The largest absolute Gasteiger partial charge is 0.367 e. The monoisotopic (exact) mass is 660 g/mol. The SMILES string of the molecule is CC1CCc2sc3ncnc(NC4CCC(N(C)C)CC4)c3c2C1.CC1CCc2sc3ncnc(NC4CCC(N)CC4)c3c2C1. The Morgan fingerprint density at radius 3 is 1.57 bits per heavy atom. The van der Waals surface area contributed by atoms with Crippen molar-refractivity contribution in [2.45, 2.75) is 128 Å². The second-order valence-corrected chi connectivity index (χ2v) is 17.0. The van der Waals surface area contributed by atoms with E-state index in [-0.39, 0.29) is 0 Å². The molecule has 0 saturated heterocycles. The Morgan fingerprint density at radius 1 is 0.652 bits per heavy atom. The molecule has 0 aromatic carbocycles. The maximum atomic E-state index is 6.02. The van der Waals surface area contributed by atoms with Gasteiger partial charge >= 0.3 is 0 Å². The van der Waals surface area contributed by atoms with Crippen LogP contribution in [0.3, 0.4) is 0 Å². The Labute approximate surface area is 282 Å². The van der Waals surface area contributed by atoms with Crippen molar-refractivity contribution >= 4 is 54.7 Å². The molecular weight excluding hydrogens is 609 g/mol. The highest BCUT2D eigenvalue weighted by molar-refractivity contribution is 7.19. The Hall–Kier alpha value is -2.40. The van der Waals surface area contributed by atoms with Crippen LogP contribution in [0.15, 0.2) is 12.7 Å². The summed E-state index contributed by atoms with van der Waals surface area (Å²) in [5.41, 5.74) is 9.05.